The number of para-hydroxylation sites is 1. The van der Waals surface area contributed by atoms with Gasteiger partial charge < -0.3 is 9.30 Å². The average molecular weight is 467 g/mol. The van der Waals surface area contributed by atoms with E-state index in [4.69, 9.17) is 4.74 Å². The molecule has 174 valence electrons. The van der Waals surface area contributed by atoms with E-state index in [9.17, 15) is 4.79 Å². The zero-order valence-corrected chi connectivity index (χ0v) is 20.7. The van der Waals surface area contributed by atoms with E-state index < -0.39 is 0 Å². The molecule has 9 heteroatoms. The summed E-state index contributed by atoms with van der Waals surface area (Å²) in [4.78, 5) is 18.1. The van der Waals surface area contributed by atoms with Crippen LogP contribution in [-0.4, -0.2) is 50.3 Å². The van der Waals surface area contributed by atoms with Gasteiger partial charge >= 0.3 is 0 Å². The minimum Gasteiger partial charge on any atom is -0.382 e. The zero-order chi connectivity index (χ0) is 23.7. The first-order chi connectivity index (χ1) is 15.8. The van der Waals surface area contributed by atoms with Gasteiger partial charge in [0.25, 0.3) is 5.56 Å². The van der Waals surface area contributed by atoms with Gasteiger partial charge in [0.1, 0.15) is 5.69 Å². The summed E-state index contributed by atoms with van der Waals surface area (Å²) in [6.07, 6.45) is 0. The number of thioether (sulfide) groups is 1. The van der Waals surface area contributed by atoms with E-state index in [2.05, 4.69) is 21.6 Å². The number of ether oxygens (including phenoxy) is 1. The van der Waals surface area contributed by atoms with Gasteiger partial charge in [-0.05, 0) is 45.9 Å². The first-order valence-corrected chi connectivity index (χ1v) is 11.9. The Hall–Kier alpha value is -3.04. The molecule has 1 atom stereocenters. The van der Waals surface area contributed by atoms with Crippen LogP contribution in [0.1, 0.15) is 29.6 Å². The van der Waals surface area contributed by atoms with Gasteiger partial charge in [-0.25, -0.2) is 4.68 Å². The van der Waals surface area contributed by atoms with E-state index in [1.54, 1.807) is 23.6 Å². The first kappa shape index (κ1) is 23.1. The minimum absolute atomic E-state index is 0.0471. The molecule has 33 heavy (non-hydrogen) atoms. The van der Waals surface area contributed by atoms with Gasteiger partial charge in [-0.15, -0.1) is 0 Å². The van der Waals surface area contributed by atoms with Crippen LogP contribution in [0.25, 0.3) is 11.4 Å². The number of hydrazone groups is 1. The molecule has 0 saturated carbocycles. The second-order valence-corrected chi connectivity index (χ2v) is 9.19. The Morgan fingerprint density at radius 1 is 1.21 bits per heavy atom. The Morgan fingerprint density at radius 2 is 1.94 bits per heavy atom. The number of aliphatic imine (C=N–C) groups is 1. The summed E-state index contributed by atoms with van der Waals surface area (Å²) in [5.74, 6) is 0.706. The van der Waals surface area contributed by atoms with E-state index in [-0.39, 0.29) is 11.6 Å². The Labute approximate surface area is 197 Å². The molecule has 0 bridgehead atoms. The van der Waals surface area contributed by atoms with Gasteiger partial charge in [0.15, 0.2) is 5.17 Å². The maximum Gasteiger partial charge on any atom is 0.295 e. The number of nitrogens with one attached hydrogen (secondary N) is 1. The minimum atomic E-state index is -0.0471. The van der Waals surface area contributed by atoms with Crippen molar-refractivity contribution < 1.29 is 4.74 Å². The molecule has 3 heterocycles. The molecule has 4 rings (SSSR count). The second-order valence-electron chi connectivity index (χ2n) is 8.23. The lowest BCUT2D eigenvalue weighted by atomic mass is 10.1. The maximum absolute atomic E-state index is 13.5. The van der Waals surface area contributed by atoms with Crippen LogP contribution < -0.4 is 11.0 Å². The van der Waals surface area contributed by atoms with E-state index in [0.717, 1.165) is 39.2 Å². The number of aryl methyl sites for hydroxylation is 1. The fourth-order valence-corrected chi connectivity index (χ4v) is 5.07. The van der Waals surface area contributed by atoms with Crippen molar-refractivity contribution in [2.24, 2.45) is 17.1 Å². The third-order valence-corrected chi connectivity index (χ3v) is 6.75. The number of nitrogens with zero attached hydrogens (tertiary/aromatic N) is 5. The van der Waals surface area contributed by atoms with Gasteiger partial charge in [0.05, 0.1) is 29.7 Å². The molecule has 0 spiro atoms. The quantitative estimate of drug-likeness (QED) is 0.605. The average Bonchev–Trinajstić information content (AvgIpc) is 3.20. The predicted molar refractivity (Wildman–Crippen MR) is 135 cm³/mol. The molecule has 0 fully saturated rings. The van der Waals surface area contributed by atoms with Gasteiger partial charge in [-0.2, -0.15) is 5.10 Å². The van der Waals surface area contributed by atoms with Crippen LogP contribution in [0, 0.1) is 20.8 Å². The molecule has 0 amide bonds. The SMILES string of the molecule is COC[C@H](C)N=C1NN=C(c2cc(C)n(-c3c(C)n(C)n(-c4ccccc4)c3=O)c2C)CS1. The highest BCUT2D eigenvalue weighted by Crippen LogP contribution is 2.25. The topological polar surface area (TPSA) is 77.8 Å². The zero-order valence-electron chi connectivity index (χ0n) is 19.9. The summed E-state index contributed by atoms with van der Waals surface area (Å²) in [5.41, 5.74) is 9.39. The van der Waals surface area contributed by atoms with Crippen LogP contribution in [0.5, 0.6) is 0 Å². The van der Waals surface area contributed by atoms with Crippen LogP contribution in [0.3, 0.4) is 0 Å². The summed E-state index contributed by atoms with van der Waals surface area (Å²) >= 11 is 1.62. The molecule has 1 N–H and O–H groups in total. The highest BCUT2D eigenvalue weighted by atomic mass is 32.2. The fourth-order valence-electron chi connectivity index (χ4n) is 4.21. The molecule has 8 nitrogen and oxygen atoms in total. The third-order valence-electron chi connectivity index (χ3n) is 5.87. The van der Waals surface area contributed by atoms with Crippen molar-refractivity contribution in [1.82, 2.24) is 19.4 Å². The van der Waals surface area contributed by atoms with Gasteiger partial charge in [-0.1, -0.05) is 30.0 Å². The number of methoxy groups -OCH3 is 1. The van der Waals surface area contributed by atoms with Gasteiger partial charge in [0.2, 0.25) is 0 Å². The number of rotatable bonds is 6. The molecule has 1 aliphatic heterocycles. The molecule has 3 aromatic rings. The number of amidine groups is 1. The van der Waals surface area contributed by atoms with Gasteiger partial charge in [0, 0.05) is 36.9 Å². The molecule has 1 aliphatic rings. The number of hydrogen-bond donors (Lipinski definition) is 1. The van der Waals surface area contributed by atoms with Crippen LogP contribution in [0.15, 0.2) is 51.3 Å². The Morgan fingerprint density at radius 3 is 2.58 bits per heavy atom. The van der Waals surface area contributed by atoms with Crippen molar-refractivity contribution in [2.75, 3.05) is 19.5 Å². The molecule has 2 aromatic heterocycles. The van der Waals surface area contributed by atoms with E-state index in [1.807, 2.05) is 74.3 Å². The number of aromatic nitrogens is 3. The monoisotopic (exact) mass is 466 g/mol. The lowest BCUT2D eigenvalue weighted by molar-refractivity contribution is 0.186. The van der Waals surface area contributed by atoms with Crippen molar-refractivity contribution in [3.8, 4) is 11.4 Å². The lowest BCUT2D eigenvalue weighted by Gasteiger charge is -2.16. The Kier molecular flexibility index (Phi) is 6.62. The standard InChI is InChI=1S/C24H30N6O2S/c1-15(13-32-6)25-24-27-26-21(14-33-24)20-12-16(2)29(17(20)3)22-18(4)28(5)30(23(22)31)19-10-8-7-9-11-19/h7-12,15H,13-14H2,1-6H3,(H,25,27)/t15-/m0/s1. The number of benzene rings is 1. The van der Waals surface area contributed by atoms with Crippen molar-refractivity contribution in [1.29, 1.82) is 0 Å². The van der Waals surface area contributed by atoms with Crippen molar-refractivity contribution in [3.63, 3.8) is 0 Å². The van der Waals surface area contributed by atoms with E-state index in [0.29, 0.717) is 18.0 Å². The molecule has 0 radical (unpaired) electrons. The van der Waals surface area contributed by atoms with Crippen LogP contribution in [0.2, 0.25) is 0 Å². The third kappa shape index (κ3) is 4.30. The van der Waals surface area contributed by atoms with Crippen molar-refractivity contribution in [3.05, 3.63) is 69.4 Å². The lowest BCUT2D eigenvalue weighted by Crippen LogP contribution is -2.27. The summed E-state index contributed by atoms with van der Waals surface area (Å²) in [6, 6.07) is 11.9. The number of hydrogen-bond acceptors (Lipinski definition) is 5. The summed E-state index contributed by atoms with van der Waals surface area (Å²) < 4.78 is 10.8. The Balaban J connectivity index is 1.72. The normalized spacial score (nSPS) is 16.1. The maximum atomic E-state index is 13.5. The molecular formula is C24H30N6O2S. The fraction of sp³-hybridized carbons (Fsp3) is 0.375. The highest BCUT2D eigenvalue weighted by molar-refractivity contribution is 8.14. The van der Waals surface area contributed by atoms with E-state index in [1.165, 1.54) is 0 Å². The largest absolute Gasteiger partial charge is 0.382 e. The van der Waals surface area contributed by atoms with Gasteiger partial charge in [-0.3, -0.25) is 19.9 Å². The molecule has 0 aliphatic carbocycles. The molecular weight excluding hydrogens is 436 g/mol. The van der Waals surface area contributed by atoms with Crippen LogP contribution in [0.4, 0.5) is 0 Å². The van der Waals surface area contributed by atoms with E-state index >= 15 is 0 Å². The molecule has 0 saturated heterocycles. The highest BCUT2D eigenvalue weighted by Gasteiger charge is 2.24. The predicted octanol–water partition coefficient (Wildman–Crippen LogP) is 3.32. The summed E-state index contributed by atoms with van der Waals surface area (Å²) in [7, 11) is 3.59. The molecule has 0 unspecified atom stereocenters. The van der Waals surface area contributed by atoms with Crippen molar-refractivity contribution in [2.45, 2.75) is 33.7 Å². The second kappa shape index (κ2) is 9.44. The summed E-state index contributed by atoms with van der Waals surface area (Å²) in [6.45, 7) is 8.63. The summed E-state index contributed by atoms with van der Waals surface area (Å²) in [5, 5.41) is 5.38. The molecule has 1 aromatic carbocycles. The smallest absolute Gasteiger partial charge is 0.295 e. The van der Waals surface area contributed by atoms with Crippen molar-refractivity contribution >= 4 is 22.6 Å². The van der Waals surface area contributed by atoms with Crippen LogP contribution >= 0.6 is 11.8 Å². The van der Waals surface area contributed by atoms with Crippen LogP contribution in [-0.2, 0) is 11.8 Å². The Bertz CT molecular complexity index is 1280. The first-order valence-electron chi connectivity index (χ1n) is 10.9.